The van der Waals surface area contributed by atoms with Crippen molar-refractivity contribution in [1.29, 1.82) is 0 Å². The van der Waals surface area contributed by atoms with Gasteiger partial charge in [0.2, 0.25) is 0 Å². The standard InChI is InChI=1S/C21H12BrF2NO3S/c22-12-5-3-11(4-6-12)19(26)17-18(16-2-1-9-29-16)25(21(28)20(17)27)15-8-7-13(23)10-14(15)24/h1-10,18,26H/b19-17-. The van der Waals surface area contributed by atoms with E-state index in [-0.39, 0.29) is 17.0 Å². The van der Waals surface area contributed by atoms with Gasteiger partial charge in [0, 0.05) is 21.0 Å². The first-order valence-corrected chi connectivity index (χ1v) is 10.1. The van der Waals surface area contributed by atoms with Gasteiger partial charge in [-0.2, -0.15) is 0 Å². The molecule has 4 rings (SSSR count). The smallest absolute Gasteiger partial charge is 0.300 e. The van der Waals surface area contributed by atoms with Crippen molar-refractivity contribution in [2.45, 2.75) is 6.04 Å². The molecule has 146 valence electrons. The highest BCUT2D eigenvalue weighted by Crippen LogP contribution is 2.44. The van der Waals surface area contributed by atoms with Gasteiger partial charge in [-0.1, -0.05) is 34.1 Å². The molecule has 8 heteroatoms. The number of halogens is 3. The molecule has 2 heterocycles. The van der Waals surface area contributed by atoms with Crippen molar-refractivity contribution < 1.29 is 23.5 Å². The van der Waals surface area contributed by atoms with Crippen LogP contribution in [-0.2, 0) is 9.59 Å². The molecule has 1 aliphatic heterocycles. The summed E-state index contributed by atoms with van der Waals surface area (Å²) in [6.45, 7) is 0. The predicted molar refractivity (Wildman–Crippen MR) is 110 cm³/mol. The Morgan fingerprint density at radius 1 is 1.07 bits per heavy atom. The third-order valence-corrected chi connectivity index (χ3v) is 6.00. The molecule has 1 N–H and O–H groups in total. The Bertz CT molecular complexity index is 1140. The van der Waals surface area contributed by atoms with Crippen molar-refractivity contribution >= 4 is 50.4 Å². The molecule has 2 aromatic carbocycles. The maximum Gasteiger partial charge on any atom is 0.300 e. The third-order valence-electron chi connectivity index (χ3n) is 4.54. The normalized spacial score (nSPS) is 18.4. The van der Waals surface area contributed by atoms with Gasteiger partial charge in [-0.3, -0.25) is 14.5 Å². The molecular formula is C21H12BrF2NO3S. The number of anilines is 1. The van der Waals surface area contributed by atoms with E-state index in [1.165, 1.54) is 11.3 Å². The lowest BCUT2D eigenvalue weighted by atomic mass is 10.00. The molecule has 1 amide bonds. The zero-order valence-corrected chi connectivity index (χ0v) is 17.0. The van der Waals surface area contributed by atoms with Crippen LogP contribution in [0.5, 0.6) is 0 Å². The van der Waals surface area contributed by atoms with Gasteiger partial charge in [-0.25, -0.2) is 8.78 Å². The summed E-state index contributed by atoms with van der Waals surface area (Å²) in [6, 6.07) is 11.7. The second-order valence-electron chi connectivity index (χ2n) is 6.29. The Balaban J connectivity index is 1.94. The number of thiophene rings is 1. The van der Waals surface area contributed by atoms with Crippen LogP contribution in [0.4, 0.5) is 14.5 Å². The number of hydrogen-bond acceptors (Lipinski definition) is 4. The predicted octanol–water partition coefficient (Wildman–Crippen LogP) is 5.42. The molecule has 1 saturated heterocycles. The van der Waals surface area contributed by atoms with E-state index in [1.807, 2.05) is 0 Å². The van der Waals surface area contributed by atoms with Crippen LogP contribution in [-0.4, -0.2) is 16.8 Å². The summed E-state index contributed by atoms with van der Waals surface area (Å²) >= 11 is 4.55. The molecule has 0 radical (unpaired) electrons. The molecule has 0 saturated carbocycles. The number of ketones is 1. The lowest BCUT2D eigenvalue weighted by Gasteiger charge is -2.24. The van der Waals surface area contributed by atoms with Gasteiger partial charge in [-0.15, -0.1) is 11.3 Å². The molecule has 1 fully saturated rings. The van der Waals surface area contributed by atoms with Crippen LogP contribution < -0.4 is 4.90 Å². The van der Waals surface area contributed by atoms with Crippen molar-refractivity contribution in [3.8, 4) is 0 Å². The summed E-state index contributed by atoms with van der Waals surface area (Å²) in [5.74, 6) is -4.07. The summed E-state index contributed by atoms with van der Waals surface area (Å²) in [5, 5.41) is 12.6. The van der Waals surface area contributed by atoms with Crippen LogP contribution in [0.1, 0.15) is 16.5 Å². The summed E-state index contributed by atoms with van der Waals surface area (Å²) in [7, 11) is 0. The SMILES string of the molecule is O=C1C(=O)N(c2ccc(F)cc2F)C(c2cccs2)/C1=C(/O)c1ccc(Br)cc1. The minimum absolute atomic E-state index is 0.150. The molecule has 1 atom stereocenters. The zero-order valence-electron chi connectivity index (χ0n) is 14.6. The van der Waals surface area contributed by atoms with Crippen molar-refractivity contribution in [2.24, 2.45) is 0 Å². The van der Waals surface area contributed by atoms with Crippen molar-refractivity contribution in [1.82, 2.24) is 0 Å². The topological polar surface area (TPSA) is 57.6 Å². The number of nitrogens with zero attached hydrogens (tertiary/aromatic N) is 1. The number of amides is 1. The molecule has 1 aromatic heterocycles. The van der Waals surface area contributed by atoms with Crippen LogP contribution in [0.2, 0.25) is 0 Å². The molecule has 1 aliphatic rings. The summed E-state index contributed by atoms with van der Waals surface area (Å²) in [5.41, 5.74) is -0.0439. The molecule has 0 spiro atoms. The Morgan fingerprint density at radius 3 is 2.41 bits per heavy atom. The minimum atomic E-state index is -1.03. The summed E-state index contributed by atoms with van der Waals surface area (Å²) in [4.78, 5) is 27.2. The second-order valence-corrected chi connectivity index (χ2v) is 8.18. The Labute approximate surface area is 176 Å². The lowest BCUT2D eigenvalue weighted by molar-refractivity contribution is -0.132. The van der Waals surface area contributed by atoms with Gasteiger partial charge in [0.1, 0.15) is 23.4 Å². The van der Waals surface area contributed by atoms with E-state index in [2.05, 4.69) is 15.9 Å². The van der Waals surface area contributed by atoms with Crippen LogP contribution in [0, 0.1) is 11.6 Å². The van der Waals surface area contributed by atoms with E-state index in [4.69, 9.17) is 0 Å². The highest BCUT2D eigenvalue weighted by Gasteiger charge is 2.48. The van der Waals surface area contributed by atoms with Crippen molar-refractivity contribution in [2.75, 3.05) is 4.90 Å². The van der Waals surface area contributed by atoms with E-state index in [9.17, 15) is 23.5 Å². The first kappa shape index (κ1) is 19.5. The van der Waals surface area contributed by atoms with Gasteiger partial charge in [0.05, 0.1) is 11.3 Å². The first-order valence-electron chi connectivity index (χ1n) is 8.44. The quantitative estimate of drug-likeness (QED) is 0.312. The number of hydrogen-bond donors (Lipinski definition) is 1. The maximum atomic E-state index is 14.5. The second kappa shape index (κ2) is 7.53. The average Bonchev–Trinajstić information content (AvgIpc) is 3.30. The largest absolute Gasteiger partial charge is 0.507 e. The number of aliphatic hydroxyl groups is 1. The number of carbonyl (C=O) groups excluding carboxylic acids is 2. The first-order chi connectivity index (χ1) is 13.9. The minimum Gasteiger partial charge on any atom is -0.507 e. The Kier molecular flexibility index (Phi) is 5.06. The molecule has 3 aromatic rings. The van der Waals surface area contributed by atoms with E-state index < -0.39 is 29.4 Å². The lowest BCUT2D eigenvalue weighted by Crippen LogP contribution is -2.30. The van der Waals surface area contributed by atoms with Gasteiger partial charge >= 0.3 is 0 Å². The highest BCUT2D eigenvalue weighted by molar-refractivity contribution is 9.10. The Hall–Kier alpha value is -2.84. The number of rotatable bonds is 3. The molecule has 1 unspecified atom stereocenters. The fourth-order valence-corrected chi connectivity index (χ4v) is 4.32. The van der Waals surface area contributed by atoms with Crippen molar-refractivity contribution in [3.05, 3.63) is 92.1 Å². The average molecular weight is 476 g/mol. The van der Waals surface area contributed by atoms with Crippen LogP contribution in [0.25, 0.3) is 5.76 Å². The third kappa shape index (κ3) is 3.38. The molecule has 4 nitrogen and oxygen atoms in total. The fraction of sp³-hybridized carbons (Fsp3) is 0.0476. The fourth-order valence-electron chi connectivity index (χ4n) is 3.24. The zero-order chi connectivity index (χ0) is 20.7. The van der Waals surface area contributed by atoms with Gasteiger partial charge in [-0.05, 0) is 35.7 Å². The monoisotopic (exact) mass is 475 g/mol. The van der Waals surface area contributed by atoms with Crippen LogP contribution in [0.15, 0.2) is 70.0 Å². The van der Waals surface area contributed by atoms with Gasteiger partial charge in [0.25, 0.3) is 11.7 Å². The van der Waals surface area contributed by atoms with E-state index in [1.54, 1.807) is 41.8 Å². The van der Waals surface area contributed by atoms with Crippen LogP contribution in [0.3, 0.4) is 0 Å². The van der Waals surface area contributed by atoms with E-state index in [0.29, 0.717) is 16.5 Å². The molecule has 0 aliphatic carbocycles. The number of Topliss-reactive ketones (excluding diaryl/α,β-unsaturated/α-hetero) is 1. The molecule has 29 heavy (non-hydrogen) atoms. The number of aliphatic hydroxyl groups excluding tert-OH is 1. The van der Waals surface area contributed by atoms with Crippen LogP contribution >= 0.6 is 27.3 Å². The maximum absolute atomic E-state index is 14.5. The van der Waals surface area contributed by atoms with E-state index >= 15 is 0 Å². The van der Waals surface area contributed by atoms with Crippen molar-refractivity contribution in [3.63, 3.8) is 0 Å². The summed E-state index contributed by atoms with van der Waals surface area (Å²) in [6.07, 6.45) is 0. The summed E-state index contributed by atoms with van der Waals surface area (Å²) < 4.78 is 28.6. The number of benzene rings is 2. The van der Waals surface area contributed by atoms with Gasteiger partial charge < -0.3 is 5.11 Å². The van der Waals surface area contributed by atoms with Gasteiger partial charge in [0.15, 0.2) is 0 Å². The number of carbonyl (C=O) groups is 2. The highest BCUT2D eigenvalue weighted by atomic mass is 79.9. The molecule has 0 bridgehead atoms. The Morgan fingerprint density at radius 2 is 1.79 bits per heavy atom. The molecular weight excluding hydrogens is 464 g/mol. The van der Waals surface area contributed by atoms with E-state index in [0.717, 1.165) is 21.5 Å².